The molecule has 2 N–H and O–H groups in total. The van der Waals surface area contributed by atoms with Crippen LogP contribution in [0.5, 0.6) is 5.75 Å². The molecule has 0 aliphatic heterocycles. The van der Waals surface area contributed by atoms with Gasteiger partial charge in [0, 0.05) is 12.5 Å². The van der Waals surface area contributed by atoms with E-state index in [1.165, 1.54) is 0 Å². The van der Waals surface area contributed by atoms with Gasteiger partial charge in [0.2, 0.25) is 0 Å². The molecule has 100 valence electrons. The number of hydrogen-bond acceptors (Lipinski definition) is 2. The predicted molar refractivity (Wildman–Crippen MR) is 62.5 cm³/mol. The molecule has 0 radical (unpaired) electrons. The molecule has 0 saturated carbocycles. The van der Waals surface area contributed by atoms with E-state index >= 15 is 0 Å². The van der Waals surface area contributed by atoms with Gasteiger partial charge < -0.3 is 10.5 Å². The first-order valence-electron chi connectivity index (χ1n) is 6.04. The van der Waals surface area contributed by atoms with E-state index in [0.29, 0.717) is 5.75 Å². The molecular formula is C13H16F3NO. The van der Waals surface area contributed by atoms with E-state index in [2.05, 4.69) is 0 Å². The normalized spacial score (nSPS) is 18.8. The van der Waals surface area contributed by atoms with Crippen LogP contribution in [0, 0.1) is 0 Å². The van der Waals surface area contributed by atoms with Crippen LogP contribution in [0.3, 0.4) is 0 Å². The number of aryl methyl sites for hydroxylation is 1. The lowest BCUT2D eigenvalue weighted by molar-refractivity contribution is -0.136. The fourth-order valence-corrected chi connectivity index (χ4v) is 2.18. The number of rotatable bonds is 4. The van der Waals surface area contributed by atoms with Crippen molar-refractivity contribution in [1.82, 2.24) is 0 Å². The van der Waals surface area contributed by atoms with Gasteiger partial charge in [-0.05, 0) is 42.5 Å². The Morgan fingerprint density at radius 1 is 1.33 bits per heavy atom. The van der Waals surface area contributed by atoms with Crippen molar-refractivity contribution in [3.05, 3.63) is 29.3 Å². The van der Waals surface area contributed by atoms with E-state index in [1.54, 1.807) is 6.07 Å². The number of fused-ring (bicyclic) bond motifs is 1. The molecule has 2 rings (SSSR count). The van der Waals surface area contributed by atoms with Crippen LogP contribution in [0.4, 0.5) is 13.2 Å². The van der Waals surface area contributed by atoms with Gasteiger partial charge in [-0.25, -0.2) is 0 Å². The summed E-state index contributed by atoms with van der Waals surface area (Å²) in [5.74, 6) is 0.630. The minimum Gasteiger partial charge on any atom is -0.494 e. The molecule has 0 saturated heterocycles. The number of nitrogens with two attached hydrogens (primary N) is 1. The maximum atomic E-state index is 11.9. The Morgan fingerprint density at radius 2 is 2.11 bits per heavy atom. The smallest absolute Gasteiger partial charge is 0.389 e. The Kier molecular flexibility index (Phi) is 3.80. The van der Waals surface area contributed by atoms with Crippen LogP contribution in [0.1, 0.15) is 36.4 Å². The van der Waals surface area contributed by atoms with Crippen LogP contribution in [-0.4, -0.2) is 12.8 Å². The zero-order chi connectivity index (χ0) is 13.2. The van der Waals surface area contributed by atoms with Gasteiger partial charge in [0.1, 0.15) is 5.75 Å². The van der Waals surface area contributed by atoms with Gasteiger partial charge >= 0.3 is 6.18 Å². The van der Waals surface area contributed by atoms with Crippen LogP contribution in [0.15, 0.2) is 18.2 Å². The van der Waals surface area contributed by atoms with Gasteiger partial charge in [-0.15, -0.1) is 0 Å². The SMILES string of the molecule is N[C@@H]1CCc2cc(OCCCC(F)(F)F)ccc21. The fourth-order valence-electron chi connectivity index (χ4n) is 2.18. The monoisotopic (exact) mass is 259 g/mol. The Labute approximate surface area is 104 Å². The van der Waals surface area contributed by atoms with E-state index in [-0.39, 0.29) is 19.1 Å². The molecule has 0 heterocycles. The molecule has 5 heteroatoms. The summed E-state index contributed by atoms with van der Waals surface area (Å²) in [5.41, 5.74) is 8.17. The van der Waals surface area contributed by atoms with Crippen molar-refractivity contribution < 1.29 is 17.9 Å². The summed E-state index contributed by atoms with van der Waals surface area (Å²) >= 11 is 0. The fraction of sp³-hybridized carbons (Fsp3) is 0.538. The first-order valence-corrected chi connectivity index (χ1v) is 6.04. The molecule has 0 aromatic heterocycles. The third kappa shape index (κ3) is 3.38. The standard InChI is InChI=1S/C13H16F3NO/c14-13(15,16)6-1-7-18-10-3-4-11-9(8-10)2-5-12(11)17/h3-4,8,12H,1-2,5-7,17H2/t12-/m1/s1. The Bertz CT molecular complexity index is 417. The number of hydrogen-bond donors (Lipinski definition) is 1. The van der Waals surface area contributed by atoms with Crippen LogP contribution >= 0.6 is 0 Å². The molecule has 1 aliphatic rings. The Morgan fingerprint density at radius 3 is 2.83 bits per heavy atom. The van der Waals surface area contributed by atoms with Crippen molar-refractivity contribution in [3.63, 3.8) is 0 Å². The lowest BCUT2D eigenvalue weighted by Gasteiger charge is -2.10. The molecule has 1 aromatic carbocycles. The molecule has 1 aromatic rings. The molecule has 18 heavy (non-hydrogen) atoms. The van der Waals surface area contributed by atoms with E-state index < -0.39 is 12.6 Å². The predicted octanol–water partition coefficient (Wildman–Crippen LogP) is 3.35. The number of ether oxygens (including phenoxy) is 1. The molecule has 1 aliphatic carbocycles. The second kappa shape index (κ2) is 5.18. The van der Waals surface area contributed by atoms with Crippen molar-refractivity contribution in [2.45, 2.75) is 37.9 Å². The highest BCUT2D eigenvalue weighted by Crippen LogP contribution is 2.32. The maximum Gasteiger partial charge on any atom is 0.389 e. The summed E-state index contributed by atoms with van der Waals surface area (Å²) in [6, 6.07) is 5.65. The number of alkyl halides is 3. The van der Waals surface area contributed by atoms with Gasteiger partial charge in [-0.3, -0.25) is 0 Å². The molecule has 0 bridgehead atoms. The maximum absolute atomic E-state index is 11.9. The Hall–Kier alpha value is -1.23. The van der Waals surface area contributed by atoms with Crippen LogP contribution in [-0.2, 0) is 6.42 Å². The van der Waals surface area contributed by atoms with Gasteiger partial charge in [0.25, 0.3) is 0 Å². The second-order valence-corrected chi connectivity index (χ2v) is 4.57. The van der Waals surface area contributed by atoms with E-state index in [4.69, 9.17) is 10.5 Å². The van der Waals surface area contributed by atoms with Gasteiger partial charge in [0.05, 0.1) is 6.61 Å². The topological polar surface area (TPSA) is 35.2 Å². The third-order valence-electron chi connectivity index (χ3n) is 3.11. The van der Waals surface area contributed by atoms with Crippen molar-refractivity contribution in [2.24, 2.45) is 5.73 Å². The second-order valence-electron chi connectivity index (χ2n) is 4.57. The number of benzene rings is 1. The lowest BCUT2D eigenvalue weighted by atomic mass is 10.1. The minimum atomic E-state index is -4.10. The summed E-state index contributed by atoms with van der Waals surface area (Å²) < 4.78 is 41.1. The van der Waals surface area contributed by atoms with E-state index in [9.17, 15) is 13.2 Å². The van der Waals surface area contributed by atoms with Crippen LogP contribution in [0.2, 0.25) is 0 Å². The van der Waals surface area contributed by atoms with Crippen molar-refractivity contribution in [3.8, 4) is 5.75 Å². The summed E-state index contributed by atoms with van der Waals surface area (Å²) in [6.07, 6.45) is -3.08. The number of halogens is 3. The summed E-state index contributed by atoms with van der Waals surface area (Å²) in [6.45, 7) is 0.0876. The molecule has 0 unspecified atom stereocenters. The molecule has 1 atom stereocenters. The zero-order valence-electron chi connectivity index (χ0n) is 9.96. The zero-order valence-corrected chi connectivity index (χ0v) is 9.96. The first kappa shape index (κ1) is 13.2. The van der Waals surface area contributed by atoms with Crippen molar-refractivity contribution in [2.75, 3.05) is 6.61 Å². The molecule has 0 spiro atoms. The van der Waals surface area contributed by atoms with Gasteiger partial charge in [0.15, 0.2) is 0 Å². The van der Waals surface area contributed by atoms with Gasteiger partial charge in [-0.1, -0.05) is 6.07 Å². The Balaban J connectivity index is 1.84. The summed E-state index contributed by atoms with van der Waals surface area (Å²) in [7, 11) is 0. The molecule has 0 amide bonds. The highest BCUT2D eigenvalue weighted by molar-refractivity contribution is 5.40. The van der Waals surface area contributed by atoms with Gasteiger partial charge in [-0.2, -0.15) is 13.2 Å². The molecule has 2 nitrogen and oxygen atoms in total. The van der Waals surface area contributed by atoms with E-state index in [0.717, 1.165) is 24.0 Å². The molecular weight excluding hydrogens is 243 g/mol. The van der Waals surface area contributed by atoms with Crippen LogP contribution in [0.25, 0.3) is 0 Å². The van der Waals surface area contributed by atoms with E-state index in [1.807, 2.05) is 12.1 Å². The summed E-state index contributed by atoms with van der Waals surface area (Å²) in [4.78, 5) is 0. The average molecular weight is 259 g/mol. The third-order valence-corrected chi connectivity index (χ3v) is 3.11. The van der Waals surface area contributed by atoms with Crippen LogP contribution < -0.4 is 10.5 Å². The largest absolute Gasteiger partial charge is 0.494 e. The lowest BCUT2D eigenvalue weighted by Crippen LogP contribution is -2.09. The summed E-state index contributed by atoms with van der Waals surface area (Å²) in [5, 5.41) is 0. The highest BCUT2D eigenvalue weighted by atomic mass is 19.4. The quantitative estimate of drug-likeness (QED) is 0.841. The minimum absolute atomic E-state index is 0.0138. The first-order chi connectivity index (χ1) is 8.46. The highest BCUT2D eigenvalue weighted by Gasteiger charge is 2.26. The average Bonchev–Trinajstić information content (AvgIpc) is 2.65. The van der Waals surface area contributed by atoms with Crippen molar-refractivity contribution in [1.29, 1.82) is 0 Å². The molecule has 0 fully saturated rings. The van der Waals surface area contributed by atoms with Crippen molar-refractivity contribution >= 4 is 0 Å².